The summed E-state index contributed by atoms with van der Waals surface area (Å²) < 4.78 is 24.2. The highest BCUT2D eigenvalue weighted by Gasteiger charge is 2.31. The lowest BCUT2D eigenvalue weighted by molar-refractivity contribution is -0.140. The number of aliphatic carboxylic acids is 1. The minimum Gasteiger partial charge on any atom is -0.481 e. The van der Waals surface area contributed by atoms with Crippen LogP contribution in [0.15, 0.2) is 0 Å². The number of sulfonamides is 1. The van der Waals surface area contributed by atoms with Crippen LogP contribution in [0, 0.1) is 5.92 Å². The zero-order chi connectivity index (χ0) is 15.3. The summed E-state index contributed by atoms with van der Waals surface area (Å²) in [5, 5.41) is 8.66. The van der Waals surface area contributed by atoms with Crippen molar-refractivity contribution in [1.29, 1.82) is 0 Å². The van der Waals surface area contributed by atoms with Gasteiger partial charge in [-0.05, 0) is 19.8 Å². The molecule has 0 atom stereocenters. The molecule has 0 aromatic heterocycles. The van der Waals surface area contributed by atoms with E-state index in [1.165, 1.54) is 15.5 Å². The molecule has 1 fully saturated rings. The lowest BCUT2D eigenvalue weighted by atomic mass is 9.96. The number of hydrogen-bond acceptors (Lipinski definition) is 4. The van der Waals surface area contributed by atoms with Crippen LogP contribution in [-0.2, 0) is 19.6 Å². The first-order valence-corrected chi connectivity index (χ1v) is 8.56. The number of carbonyl (C=O) groups is 2. The summed E-state index contributed by atoms with van der Waals surface area (Å²) in [6.45, 7) is 3.19. The van der Waals surface area contributed by atoms with E-state index in [2.05, 4.69) is 0 Å². The van der Waals surface area contributed by atoms with Crippen LogP contribution in [0.1, 0.15) is 26.2 Å². The first kappa shape index (κ1) is 16.9. The van der Waals surface area contributed by atoms with Crippen LogP contribution < -0.4 is 0 Å². The SMILES string of the molecule is CCN(CCC(=O)O)C(=O)C1CCN(S(C)(=O)=O)CC1. The Morgan fingerprint density at radius 2 is 1.85 bits per heavy atom. The largest absolute Gasteiger partial charge is 0.481 e. The van der Waals surface area contributed by atoms with E-state index in [0.29, 0.717) is 32.5 Å². The third kappa shape index (κ3) is 4.75. The Hall–Kier alpha value is -1.15. The van der Waals surface area contributed by atoms with Crippen LogP contribution in [0.5, 0.6) is 0 Å². The molecule has 0 aliphatic carbocycles. The number of nitrogens with zero attached hydrogens (tertiary/aromatic N) is 2. The normalized spacial score (nSPS) is 17.9. The van der Waals surface area contributed by atoms with Crippen molar-refractivity contribution >= 4 is 21.9 Å². The van der Waals surface area contributed by atoms with Gasteiger partial charge in [-0.3, -0.25) is 9.59 Å². The van der Waals surface area contributed by atoms with Gasteiger partial charge >= 0.3 is 5.97 Å². The van der Waals surface area contributed by atoms with Crippen molar-refractivity contribution in [1.82, 2.24) is 9.21 Å². The van der Waals surface area contributed by atoms with Crippen molar-refractivity contribution in [3.05, 3.63) is 0 Å². The Morgan fingerprint density at radius 1 is 1.30 bits per heavy atom. The van der Waals surface area contributed by atoms with Gasteiger partial charge in [0.05, 0.1) is 12.7 Å². The Labute approximate surface area is 119 Å². The topological polar surface area (TPSA) is 95.0 Å². The molecule has 0 radical (unpaired) electrons. The first-order valence-electron chi connectivity index (χ1n) is 6.71. The molecule has 1 aliphatic heterocycles. The van der Waals surface area contributed by atoms with Gasteiger partial charge in [0, 0.05) is 32.1 Å². The van der Waals surface area contributed by atoms with Crippen LogP contribution in [0.25, 0.3) is 0 Å². The predicted molar refractivity (Wildman–Crippen MR) is 73.6 cm³/mol. The van der Waals surface area contributed by atoms with Crippen molar-refractivity contribution < 1.29 is 23.1 Å². The highest BCUT2D eigenvalue weighted by molar-refractivity contribution is 7.88. The van der Waals surface area contributed by atoms with E-state index in [4.69, 9.17) is 5.11 Å². The molecular formula is C12H22N2O5S. The van der Waals surface area contributed by atoms with E-state index in [9.17, 15) is 18.0 Å². The molecule has 0 unspecified atom stereocenters. The molecular weight excluding hydrogens is 284 g/mol. The van der Waals surface area contributed by atoms with Gasteiger partial charge < -0.3 is 10.0 Å². The van der Waals surface area contributed by atoms with Gasteiger partial charge in [0.2, 0.25) is 15.9 Å². The van der Waals surface area contributed by atoms with Crippen LogP contribution in [0.3, 0.4) is 0 Å². The van der Waals surface area contributed by atoms with Crippen molar-refractivity contribution in [3.8, 4) is 0 Å². The minimum absolute atomic E-state index is 0.0677. The number of carboxylic acid groups (broad SMARTS) is 1. The zero-order valence-electron chi connectivity index (χ0n) is 11.9. The second kappa shape index (κ2) is 7.03. The monoisotopic (exact) mass is 306 g/mol. The number of piperidine rings is 1. The van der Waals surface area contributed by atoms with Gasteiger partial charge in [-0.2, -0.15) is 0 Å². The number of hydrogen-bond donors (Lipinski definition) is 1. The van der Waals surface area contributed by atoms with Crippen LogP contribution in [0.4, 0.5) is 0 Å². The van der Waals surface area contributed by atoms with Gasteiger partial charge in [0.25, 0.3) is 0 Å². The molecule has 8 heteroatoms. The summed E-state index contributed by atoms with van der Waals surface area (Å²) in [4.78, 5) is 24.4. The van der Waals surface area contributed by atoms with Crippen molar-refractivity contribution in [2.75, 3.05) is 32.4 Å². The average molecular weight is 306 g/mol. The maximum absolute atomic E-state index is 12.3. The molecule has 0 bridgehead atoms. The van der Waals surface area contributed by atoms with E-state index in [-0.39, 0.29) is 24.8 Å². The number of rotatable bonds is 6. The second-order valence-corrected chi connectivity index (χ2v) is 6.98. The lowest BCUT2D eigenvalue weighted by Gasteiger charge is -2.32. The molecule has 20 heavy (non-hydrogen) atoms. The van der Waals surface area contributed by atoms with E-state index in [1.54, 1.807) is 0 Å². The van der Waals surface area contributed by atoms with Gasteiger partial charge in [0.15, 0.2) is 0 Å². The quantitative estimate of drug-likeness (QED) is 0.744. The number of amides is 1. The Balaban J connectivity index is 2.54. The first-order chi connectivity index (χ1) is 9.25. The molecule has 7 nitrogen and oxygen atoms in total. The molecule has 1 amide bonds. The zero-order valence-corrected chi connectivity index (χ0v) is 12.7. The molecule has 1 saturated heterocycles. The van der Waals surface area contributed by atoms with Crippen LogP contribution >= 0.6 is 0 Å². The van der Waals surface area contributed by atoms with Gasteiger partial charge in [-0.25, -0.2) is 12.7 Å². The van der Waals surface area contributed by atoms with E-state index < -0.39 is 16.0 Å². The molecule has 0 aromatic carbocycles. The summed E-state index contributed by atoms with van der Waals surface area (Å²) in [7, 11) is -3.19. The molecule has 1 rings (SSSR count). The molecule has 1 N–H and O–H groups in total. The molecule has 1 aliphatic rings. The molecule has 0 saturated carbocycles. The maximum Gasteiger partial charge on any atom is 0.305 e. The fraction of sp³-hybridized carbons (Fsp3) is 0.833. The summed E-state index contributed by atoms with van der Waals surface area (Å²) in [6, 6.07) is 0. The fourth-order valence-electron chi connectivity index (χ4n) is 2.35. The Bertz CT molecular complexity index is 454. The van der Waals surface area contributed by atoms with Crippen molar-refractivity contribution in [3.63, 3.8) is 0 Å². The van der Waals surface area contributed by atoms with Crippen molar-refractivity contribution in [2.24, 2.45) is 5.92 Å². The Morgan fingerprint density at radius 3 is 2.25 bits per heavy atom. The summed E-state index contributed by atoms with van der Waals surface area (Å²) in [5.41, 5.74) is 0. The van der Waals surface area contributed by atoms with E-state index in [0.717, 1.165) is 0 Å². The minimum atomic E-state index is -3.19. The second-order valence-electron chi connectivity index (χ2n) is 5.00. The van der Waals surface area contributed by atoms with Crippen LogP contribution in [0.2, 0.25) is 0 Å². The van der Waals surface area contributed by atoms with Gasteiger partial charge in [-0.1, -0.05) is 0 Å². The molecule has 1 heterocycles. The standard InChI is InChI=1S/C12H22N2O5S/c1-3-13(7-6-11(15)16)12(17)10-4-8-14(9-5-10)20(2,18)19/h10H,3-9H2,1-2H3,(H,15,16). The molecule has 116 valence electrons. The number of carboxylic acids is 1. The molecule has 0 spiro atoms. The van der Waals surface area contributed by atoms with Crippen molar-refractivity contribution in [2.45, 2.75) is 26.2 Å². The summed E-state index contributed by atoms with van der Waals surface area (Å²) in [6.07, 6.45) is 2.09. The molecule has 0 aromatic rings. The number of carbonyl (C=O) groups excluding carboxylic acids is 1. The lowest BCUT2D eigenvalue weighted by Crippen LogP contribution is -2.44. The third-order valence-corrected chi connectivity index (χ3v) is 4.86. The van der Waals surface area contributed by atoms with E-state index in [1.807, 2.05) is 6.92 Å². The highest BCUT2D eigenvalue weighted by atomic mass is 32.2. The van der Waals surface area contributed by atoms with E-state index >= 15 is 0 Å². The Kier molecular flexibility index (Phi) is 5.94. The van der Waals surface area contributed by atoms with Gasteiger partial charge in [0.1, 0.15) is 0 Å². The smallest absolute Gasteiger partial charge is 0.305 e. The predicted octanol–water partition coefficient (Wildman–Crippen LogP) is -0.0188. The third-order valence-electron chi connectivity index (χ3n) is 3.56. The maximum atomic E-state index is 12.3. The average Bonchev–Trinajstić information content (AvgIpc) is 2.38. The summed E-state index contributed by atoms with van der Waals surface area (Å²) in [5.74, 6) is -1.20. The highest BCUT2D eigenvalue weighted by Crippen LogP contribution is 2.21. The summed E-state index contributed by atoms with van der Waals surface area (Å²) >= 11 is 0. The van der Waals surface area contributed by atoms with Gasteiger partial charge in [-0.15, -0.1) is 0 Å². The van der Waals surface area contributed by atoms with Crippen LogP contribution in [-0.4, -0.2) is 67.0 Å². The fourth-order valence-corrected chi connectivity index (χ4v) is 3.22.